The van der Waals surface area contributed by atoms with Crippen molar-refractivity contribution in [2.45, 2.75) is 18.2 Å². The Kier molecular flexibility index (Phi) is 5.59. The Morgan fingerprint density at radius 2 is 2.05 bits per heavy atom. The van der Waals surface area contributed by atoms with E-state index in [2.05, 4.69) is 4.72 Å². The molecule has 0 saturated heterocycles. The molecule has 0 aliphatic heterocycles. The average Bonchev–Trinajstić information content (AvgIpc) is 2.38. The van der Waals surface area contributed by atoms with Crippen LogP contribution in [0.3, 0.4) is 0 Å². The number of rotatable bonds is 7. The Morgan fingerprint density at radius 3 is 2.53 bits per heavy atom. The van der Waals surface area contributed by atoms with Crippen LogP contribution in [-0.2, 0) is 10.0 Å². The number of aliphatic hydroxyl groups excluding tert-OH is 1. The van der Waals surface area contributed by atoms with Crippen LogP contribution in [0.2, 0.25) is 0 Å². The lowest BCUT2D eigenvalue weighted by molar-refractivity contribution is 0.302. The van der Waals surface area contributed by atoms with Crippen LogP contribution in [0.1, 0.15) is 13.3 Å². The van der Waals surface area contributed by atoms with E-state index in [4.69, 9.17) is 10.8 Å². The highest BCUT2D eigenvalue weighted by molar-refractivity contribution is 7.89. The van der Waals surface area contributed by atoms with Crippen LogP contribution in [0.4, 0.5) is 11.4 Å². The number of anilines is 2. The maximum absolute atomic E-state index is 11.7. The monoisotopic (exact) mass is 287 g/mol. The van der Waals surface area contributed by atoms with Gasteiger partial charge in [-0.2, -0.15) is 0 Å². The van der Waals surface area contributed by atoms with Gasteiger partial charge in [-0.1, -0.05) is 6.92 Å². The Morgan fingerprint density at radius 1 is 1.37 bits per heavy atom. The summed E-state index contributed by atoms with van der Waals surface area (Å²) in [4.78, 5) is 2.03. The zero-order chi connectivity index (χ0) is 14.5. The fraction of sp³-hybridized carbons (Fsp3) is 0.500. The summed E-state index contributed by atoms with van der Waals surface area (Å²) in [5.74, 6) is 0. The minimum atomic E-state index is -3.54. The Labute approximate surface area is 114 Å². The van der Waals surface area contributed by atoms with Gasteiger partial charge in [0, 0.05) is 18.8 Å². The first kappa shape index (κ1) is 15.7. The second kappa shape index (κ2) is 6.74. The first-order valence-electron chi connectivity index (χ1n) is 6.15. The van der Waals surface area contributed by atoms with Crippen molar-refractivity contribution < 1.29 is 13.5 Å². The molecule has 0 bridgehead atoms. The molecule has 0 spiro atoms. The summed E-state index contributed by atoms with van der Waals surface area (Å²) < 4.78 is 25.7. The second-order valence-electron chi connectivity index (χ2n) is 4.14. The van der Waals surface area contributed by atoms with Gasteiger partial charge in [0.1, 0.15) is 4.90 Å². The lowest BCUT2D eigenvalue weighted by Crippen LogP contribution is -2.27. The molecule has 19 heavy (non-hydrogen) atoms. The topological polar surface area (TPSA) is 95.7 Å². The number of nitrogens with one attached hydrogen (secondary N) is 1. The number of sulfonamides is 1. The van der Waals surface area contributed by atoms with Gasteiger partial charge in [0.15, 0.2) is 0 Å². The normalized spacial score (nSPS) is 11.5. The molecule has 1 aromatic rings. The Bertz CT molecular complexity index is 511. The van der Waals surface area contributed by atoms with Crippen LogP contribution in [0.5, 0.6) is 0 Å². The SMILES string of the molecule is CCCN(CCO)c1ccc(S(=O)(=O)NC)c(N)c1. The fourth-order valence-corrected chi connectivity index (χ4v) is 2.68. The van der Waals surface area contributed by atoms with Crippen LogP contribution >= 0.6 is 0 Å². The molecule has 1 rings (SSSR count). The third-order valence-electron chi connectivity index (χ3n) is 2.78. The smallest absolute Gasteiger partial charge is 0.242 e. The highest BCUT2D eigenvalue weighted by Gasteiger charge is 2.16. The van der Waals surface area contributed by atoms with E-state index in [1.54, 1.807) is 12.1 Å². The summed E-state index contributed by atoms with van der Waals surface area (Å²) >= 11 is 0. The van der Waals surface area contributed by atoms with Crippen molar-refractivity contribution in [3.8, 4) is 0 Å². The maximum atomic E-state index is 11.7. The average molecular weight is 287 g/mol. The number of hydrogen-bond donors (Lipinski definition) is 3. The van der Waals surface area contributed by atoms with Crippen molar-refractivity contribution in [3.05, 3.63) is 18.2 Å². The summed E-state index contributed by atoms with van der Waals surface area (Å²) in [6, 6.07) is 4.80. The predicted octanol–water partition coefficient (Wildman–Crippen LogP) is 0.386. The van der Waals surface area contributed by atoms with Crippen LogP contribution in [0.15, 0.2) is 23.1 Å². The summed E-state index contributed by atoms with van der Waals surface area (Å²) in [6.07, 6.45) is 0.927. The first-order valence-corrected chi connectivity index (χ1v) is 7.63. The fourth-order valence-electron chi connectivity index (χ4n) is 1.85. The molecule has 0 atom stereocenters. The van der Waals surface area contributed by atoms with Crippen molar-refractivity contribution in [1.29, 1.82) is 0 Å². The molecule has 0 radical (unpaired) electrons. The van der Waals surface area contributed by atoms with E-state index < -0.39 is 10.0 Å². The van der Waals surface area contributed by atoms with Crippen LogP contribution in [0.25, 0.3) is 0 Å². The lowest BCUT2D eigenvalue weighted by Gasteiger charge is -2.24. The third kappa shape index (κ3) is 3.82. The maximum Gasteiger partial charge on any atom is 0.242 e. The van der Waals surface area contributed by atoms with Gasteiger partial charge in [-0.25, -0.2) is 13.1 Å². The molecule has 0 aliphatic carbocycles. The van der Waals surface area contributed by atoms with Crippen LogP contribution < -0.4 is 15.4 Å². The first-order chi connectivity index (χ1) is 8.96. The molecule has 0 unspecified atom stereocenters. The Hall–Kier alpha value is -1.31. The summed E-state index contributed by atoms with van der Waals surface area (Å²) in [6.45, 7) is 3.34. The van der Waals surface area contributed by atoms with Crippen molar-refractivity contribution in [2.75, 3.05) is 37.4 Å². The lowest BCUT2D eigenvalue weighted by atomic mass is 10.2. The van der Waals surface area contributed by atoms with E-state index in [9.17, 15) is 8.42 Å². The van der Waals surface area contributed by atoms with Crippen molar-refractivity contribution in [2.24, 2.45) is 0 Å². The number of aliphatic hydroxyl groups is 1. The van der Waals surface area contributed by atoms with Crippen molar-refractivity contribution >= 4 is 21.4 Å². The molecular formula is C12H21N3O3S. The molecule has 0 heterocycles. The molecule has 0 amide bonds. The molecule has 6 nitrogen and oxygen atoms in total. The molecule has 0 aliphatic rings. The molecule has 0 fully saturated rings. The molecular weight excluding hydrogens is 266 g/mol. The Balaban J connectivity index is 3.11. The van der Waals surface area contributed by atoms with Crippen molar-refractivity contribution in [3.63, 3.8) is 0 Å². The minimum Gasteiger partial charge on any atom is -0.398 e. The van der Waals surface area contributed by atoms with Gasteiger partial charge in [-0.15, -0.1) is 0 Å². The molecule has 1 aromatic carbocycles. The number of benzene rings is 1. The van der Waals surface area contributed by atoms with Gasteiger partial charge in [0.2, 0.25) is 10.0 Å². The summed E-state index contributed by atoms with van der Waals surface area (Å²) in [7, 11) is -2.19. The second-order valence-corrected chi connectivity index (χ2v) is 6.00. The van der Waals surface area contributed by atoms with Crippen LogP contribution in [-0.4, -0.2) is 40.3 Å². The minimum absolute atomic E-state index is 0.0382. The van der Waals surface area contributed by atoms with E-state index in [1.165, 1.54) is 13.1 Å². The standard InChI is InChI=1S/C12H21N3O3S/c1-3-6-15(7-8-16)10-4-5-12(11(13)9-10)19(17,18)14-2/h4-5,9,14,16H,3,6-8,13H2,1-2H3. The van der Waals surface area contributed by atoms with Crippen molar-refractivity contribution in [1.82, 2.24) is 4.72 Å². The predicted molar refractivity (Wildman–Crippen MR) is 76.7 cm³/mol. The third-order valence-corrected chi connectivity index (χ3v) is 4.27. The van der Waals surface area contributed by atoms with E-state index in [0.717, 1.165) is 18.7 Å². The number of nitrogens with zero attached hydrogens (tertiary/aromatic N) is 1. The van der Waals surface area contributed by atoms with Gasteiger partial charge in [0.05, 0.1) is 12.3 Å². The van der Waals surface area contributed by atoms with E-state index in [0.29, 0.717) is 6.54 Å². The molecule has 7 heteroatoms. The molecule has 0 aromatic heterocycles. The highest BCUT2D eigenvalue weighted by atomic mass is 32.2. The van der Waals surface area contributed by atoms with Gasteiger partial charge in [0.25, 0.3) is 0 Å². The highest BCUT2D eigenvalue weighted by Crippen LogP contribution is 2.24. The summed E-state index contributed by atoms with van der Waals surface area (Å²) in [5, 5.41) is 9.04. The van der Waals surface area contributed by atoms with Gasteiger partial charge in [-0.3, -0.25) is 0 Å². The van der Waals surface area contributed by atoms with Gasteiger partial charge >= 0.3 is 0 Å². The molecule has 4 N–H and O–H groups in total. The number of nitrogens with two attached hydrogens (primary N) is 1. The van der Waals surface area contributed by atoms with E-state index in [1.807, 2.05) is 11.8 Å². The number of nitrogen functional groups attached to an aromatic ring is 1. The van der Waals surface area contributed by atoms with E-state index in [-0.39, 0.29) is 17.2 Å². The summed E-state index contributed by atoms with van der Waals surface area (Å²) in [5.41, 5.74) is 6.81. The van der Waals surface area contributed by atoms with E-state index >= 15 is 0 Å². The molecule has 0 saturated carbocycles. The van der Waals surface area contributed by atoms with Gasteiger partial charge < -0.3 is 15.7 Å². The van der Waals surface area contributed by atoms with Gasteiger partial charge in [-0.05, 0) is 31.7 Å². The number of hydrogen-bond acceptors (Lipinski definition) is 5. The van der Waals surface area contributed by atoms with Crippen LogP contribution in [0, 0.1) is 0 Å². The molecule has 108 valence electrons. The quantitative estimate of drug-likeness (QED) is 0.630. The zero-order valence-electron chi connectivity index (χ0n) is 11.3. The zero-order valence-corrected chi connectivity index (χ0v) is 12.1. The largest absolute Gasteiger partial charge is 0.398 e.